The largest absolute Gasteiger partial charge is 0.497 e. The predicted molar refractivity (Wildman–Crippen MR) is 112 cm³/mol. The number of methoxy groups -OCH3 is 1. The molecule has 0 bridgehead atoms. The zero-order valence-corrected chi connectivity index (χ0v) is 17.1. The zero-order chi connectivity index (χ0) is 21.8. The van der Waals surface area contributed by atoms with Gasteiger partial charge in [-0.05, 0) is 30.2 Å². The van der Waals surface area contributed by atoms with Gasteiger partial charge in [0, 0.05) is 12.5 Å². The Morgan fingerprint density at radius 1 is 1.13 bits per heavy atom. The van der Waals surface area contributed by atoms with Crippen LogP contribution in [-0.4, -0.2) is 41.5 Å². The molecule has 1 aromatic heterocycles. The molecule has 0 fully saturated rings. The van der Waals surface area contributed by atoms with E-state index < -0.39 is 18.5 Å². The van der Waals surface area contributed by atoms with Gasteiger partial charge in [-0.2, -0.15) is 5.10 Å². The second-order valence-electron chi connectivity index (χ2n) is 7.05. The molecule has 2 heterocycles. The summed E-state index contributed by atoms with van der Waals surface area (Å²) in [7, 11) is 1.60. The highest BCUT2D eigenvalue weighted by atomic mass is 16.6. The Balaban J connectivity index is 1.54. The number of aromatic nitrogens is 1. The van der Waals surface area contributed by atoms with E-state index in [4.69, 9.17) is 14.0 Å². The Morgan fingerprint density at radius 3 is 2.52 bits per heavy atom. The van der Waals surface area contributed by atoms with Gasteiger partial charge < -0.3 is 14.0 Å². The second-order valence-corrected chi connectivity index (χ2v) is 7.05. The van der Waals surface area contributed by atoms with Gasteiger partial charge in [0.25, 0.3) is 5.91 Å². The van der Waals surface area contributed by atoms with Gasteiger partial charge in [-0.3, -0.25) is 4.79 Å². The van der Waals surface area contributed by atoms with E-state index in [9.17, 15) is 9.59 Å². The summed E-state index contributed by atoms with van der Waals surface area (Å²) in [5.74, 6) is -0.509. The monoisotopic (exact) mass is 419 g/mol. The maximum absolute atomic E-state index is 12.9. The van der Waals surface area contributed by atoms with Gasteiger partial charge in [0.1, 0.15) is 5.75 Å². The first kappa shape index (κ1) is 20.3. The standard InChI is InChI=1S/C23H21N3O5/c1-15-12-21(31-25-15)23(28)30-14-22(27)26-20(17-8-10-18(29-2)11-9-17)13-19(24-26)16-6-4-3-5-7-16/h3-12,20H,13-14H2,1-2H3/t20-/m0/s1. The number of aryl methyl sites for hydroxylation is 1. The Morgan fingerprint density at radius 2 is 1.87 bits per heavy atom. The fraction of sp³-hybridized carbons (Fsp3) is 0.217. The third-order valence-electron chi connectivity index (χ3n) is 4.93. The highest BCUT2D eigenvalue weighted by Gasteiger charge is 2.33. The molecular weight excluding hydrogens is 398 g/mol. The number of hydrogen-bond donors (Lipinski definition) is 0. The number of amides is 1. The lowest BCUT2D eigenvalue weighted by molar-refractivity contribution is -0.136. The van der Waals surface area contributed by atoms with Crippen LogP contribution in [0.25, 0.3) is 0 Å². The minimum atomic E-state index is -0.749. The van der Waals surface area contributed by atoms with Crippen molar-refractivity contribution in [2.24, 2.45) is 5.10 Å². The van der Waals surface area contributed by atoms with Crippen LogP contribution in [-0.2, 0) is 9.53 Å². The second kappa shape index (κ2) is 8.83. The van der Waals surface area contributed by atoms with Crippen LogP contribution in [0.2, 0.25) is 0 Å². The quantitative estimate of drug-likeness (QED) is 0.568. The van der Waals surface area contributed by atoms with Gasteiger partial charge in [0.15, 0.2) is 6.61 Å². The lowest BCUT2D eigenvalue weighted by Crippen LogP contribution is -2.31. The molecule has 3 aromatic rings. The summed E-state index contributed by atoms with van der Waals surface area (Å²) in [4.78, 5) is 25.0. The van der Waals surface area contributed by atoms with E-state index in [1.165, 1.54) is 11.1 Å². The smallest absolute Gasteiger partial charge is 0.377 e. The van der Waals surface area contributed by atoms with Crippen LogP contribution in [0.5, 0.6) is 5.75 Å². The average molecular weight is 419 g/mol. The molecule has 8 heteroatoms. The molecule has 8 nitrogen and oxygen atoms in total. The molecule has 0 spiro atoms. The maximum atomic E-state index is 12.9. The Hall–Kier alpha value is -3.94. The van der Waals surface area contributed by atoms with E-state index in [2.05, 4.69) is 10.3 Å². The van der Waals surface area contributed by atoms with Crippen molar-refractivity contribution in [3.8, 4) is 5.75 Å². The van der Waals surface area contributed by atoms with Crippen LogP contribution in [0.15, 0.2) is 70.3 Å². The number of ether oxygens (including phenoxy) is 2. The van der Waals surface area contributed by atoms with E-state index in [0.29, 0.717) is 12.1 Å². The molecule has 0 unspecified atom stereocenters. The third kappa shape index (κ3) is 4.48. The van der Waals surface area contributed by atoms with Crippen molar-refractivity contribution in [3.63, 3.8) is 0 Å². The number of esters is 1. The first-order valence-corrected chi connectivity index (χ1v) is 9.74. The molecule has 1 aliphatic rings. The van der Waals surface area contributed by atoms with E-state index >= 15 is 0 Å². The van der Waals surface area contributed by atoms with Gasteiger partial charge in [-0.25, -0.2) is 9.80 Å². The molecule has 0 saturated carbocycles. The molecule has 1 amide bonds. The SMILES string of the molecule is COc1ccc([C@@H]2CC(c3ccccc3)=NN2C(=O)COC(=O)c2cc(C)no2)cc1. The number of carbonyl (C=O) groups is 2. The molecule has 0 radical (unpaired) electrons. The average Bonchev–Trinajstić information content (AvgIpc) is 3.45. The van der Waals surface area contributed by atoms with Crippen LogP contribution in [0.1, 0.15) is 39.8 Å². The molecule has 1 atom stereocenters. The highest BCUT2D eigenvalue weighted by molar-refractivity contribution is 6.03. The van der Waals surface area contributed by atoms with Crippen molar-refractivity contribution in [3.05, 3.63) is 83.2 Å². The summed E-state index contributed by atoms with van der Waals surface area (Å²) in [5.41, 5.74) is 3.17. The number of hydrazone groups is 1. The molecule has 2 aromatic carbocycles. The first-order chi connectivity index (χ1) is 15.0. The Kier molecular flexibility index (Phi) is 5.79. The summed E-state index contributed by atoms with van der Waals surface area (Å²) in [6, 6.07) is 18.3. The van der Waals surface area contributed by atoms with Crippen LogP contribution in [0.3, 0.4) is 0 Å². The maximum Gasteiger partial charge on any atom is 0.377 e. The highest BCUT2D eigenvalue weighted by Crippen LogP contribution is 2.33. The van der Waals surface area contributed by atoms with Crippen molar-refractivity contribution < 1.29 is 23.6 Å². The summed E-state index contributed by atoms with van der Waals surface area (Å²) in [6.45, 7) is 1.23. The molecule has 158 valence electrons. The van der Waals surface area contributed by atoms with Gasteiger partial charge in [0.05, 0.1) is 24.6 Å². The van der Waals surface area contributed by atoms with Gasteiger partial charge >= 0.3 is 5.97 Å². The van der Waals surface area contributed by atoms with Crippen molar-refractivity contribution in [2.75, 3.05) is 13.7 Å². The van der Waals surface area contributed by atoms with Crippen LogP contribution >= 0.6 is 0 Å². The topological polar surface area (TPSA) is 94.2 Å². The van der Waals surface area contributed by atoms with Crippen LogP contribution < -0.4 is 4.74 Å². The van der Waals surface area contributed by atoms with E-state index in [1.807, 2.05) is 54.6 Å². The zero-order valence-electron chi connectivity index (χ0n) is 17.1. The third-order valence-corrected chi connectivity index (χ3v) is 4.93. The number of nitrogens with zero attached hydrogens (tertiary/aromatic N) is 3. The molecule has 1 aliphatic heterocycles. The lowest BCUT2D eigenvalue weighted by atomic mass is 9.98. The predicted octanol–water partition coefficient (Wildman–Crippen LogP) is 3.53. The van der Waals surface area contributed by atoms with Gasteiger partial charge in [-0.1, -0.05) is 47.6 Å². The van der Waals surface area contributed by atoms with E-state index in [0.717, 1.165) is 22.6 Å². The van der Waals surface area contributed by atoms with Crippen molar-refractivity contribution >= 4 is 17.6 Å². The minimum absolute atomic E-state index is 0.0492. The summed E-state index contributed by atoms with van der Waals surface area (Å²) in [5, 5.41) is 9.58. The number of hydrogen-bond acceptors (Lipinski definition) is 7. The number of benzene rings is 2. The number of rotatable bonds is 6. The Bertz CT molecular complexity index is 1110. The Labute approximate surface area is 179 Å². The van der Waals surface area contributed by atoms with Gasteiger partial charge in [0.2, 0.25) is 5.76 Å². The number of carbonyl (C=O) groups excluding carboxylic acids is 2. The fourth-order valence-corrected chi connectivity index (χ4v) is 3.36. The van der Waals surface area contributed by atoms with E-state index in [1.54, 1.807) is 14.0 Å². The van der Waals surface area contributed by atoms with Crippen LogP contribution in [0, 0.1) is 6.92 Å². The van der Waals surface area contributed by atoms with Gasteiger partial charge in [-0.15, -0.1) is 0 Å². The van der Waals surface area contributed by atoms with Crippen molar-refractivity contribution in [1.29, 1.82) is 0 Å². The molecule has 0 saturated heterocycles. The van der Waals surface area contributed by atoms with Crippen molar-refractivity contribution in [1.82, 2.24) is 10.2 Å². The molecular formula is C23H21N3O5. The molecule has 0 N–H and O–H groups in total. The lowest BCUT2D eigenvalue weighted by Gasteiger charge is -2.22. The summed E-state index contributed by atoms with van der Waals surface area (Å²) in [6.07, 6.45) is 0.539. The summed E-state index contributed by atoms with van der Waals surface area (Å²) >= 11 is 0. The molecule has 31 heavy (non-hydrogen) atoms. The normalized spacial score (nSPS) is 15.5. The van der Waals surface area contributed by atoms with Crippen LogP contribution in [0.4, 0.5) is 0 Å². The molecule has 0 aliphatic carbocycles. The molecule has 4 rings (SSSR count). The van der Waals surface area contributed by atoms with E-state index in [-0.39, 0.29) is 11.8 Å². The fourth-order valence-electron chi connectivity index (χ4n) is 3.36. The summed E-state index contributed by atoms with van der Waals surface area (Å²) < 4.78 is 15.2. The minimum Gasteiger partial charge on any atom is -0.497 e. The van der Waals surface area contributed by atoms with Crippen molar-refractivity contribution in [2.45, 2.75) is 19.4 Å². The first-order valence-electron chi connectivity index (χ1n) is 9.74.